The minimum Gasteiger partial charge on any atom is -0.338 e. The lowest BCUT2D eigenvalue weighted by atomic mass is 9.81. The Hall–Kier alpha value is -2.20. The van der Waals surface area contributed by atoms with E-state index in [1.54, 1.807) is 24.3 Å². The van der Waals surface area contributed by atoms with Crippen LogP contribution in [0.4, 0.5) is 5.95 Å². The SMILES string of the molecule is C[C@@H](C(=O)N(C)C1(C#N)CCCCC1)N1CCN(c2ncccn2)CC1. The van der Waals surface area contributed by atoms with Gasteiger partial charge in [-0.25, -0.2) is 9.97 Å². The van der Waals surface area contributed by atoms with E-state index in [2.05, 4.69) is 25.8 Å². The summed E-state index contributed by atoms with van der Waals surface area (Å²) >= 11 is 0. The van der Waals surface area contributed by atoms with Gasteiger partial charge >= 0.3 is 0 Å². The van der Waals surface area contributed by atoms with Crippen molar-refractivity contribution in [1.82, 2.24) is 19.8 Å². The second kappa shape index (κ2) is 8.00. The number of amides is 1. The molecule has 7 nitrogen and oxygen atoms in total. The van der Waals surface area contributed by atoms with E-state index in [0.717, 1.165) is 64.2 Å². The number of hydrogen-bond acceptors (Lipinski definition) is 6. The third kappa shape index (κ3) is 3.65. The molecule has 7 heteroatoms. The molecule has 2 fully saturated rings. The van der Waals surface area contributed by atoms with Gasteiger partial charge in [-0.2, -0.15) is 5.26 Å². The highest BCUT2D eigenvalue weighted by Gasteiger charge is 2.41. The molecular formula is C19H28N6O. The molecule has 1 aliphatic carbocycles. The number of nitrogens with zero attached hydrogens (tertiary/aromatic N) is 6. The van der Waals surface area contributed by atoms with Gasteiger partial charge in [0.15, 0.2) is 0 Å². The fourth-order valence-electron chi connectivity index (χ4n) is 4.07. The summed E-state index contributed by atoms with van der Waals surface area (Å²) in [5.74, 6) is 0.798. The van der Waals surface area contributed by atoms with Crippen LogP contribution in [0.15, 0.2) is 18.5 Å². The van der Waals surface area contributed by atoms with Crippen LogP contribution < -0.4 is 4.90 Å². The van der Waals surface area contributed by atoms with E-state index in [1.165, 1.54) is 0 Å². The molecule has 0 aromatic carbocycles. The van der Waals surface area contributed by atoms with E-state index in [-0.39, 0.29) is 11.9 Å². The number of piperazine rings is 1. The molecule has 1 aromatic heterocycles. The number of rotatable bonds is 4. The van der Waals surface area contributed by atoms with E-state index < -0.39 is 5.54 Å². The molecule has 1 aromatic rings. The van der Waals surface area contributed by atoms with E-state index in [0.29, 0.717) is 0 Å². The van der Waals surface area contributed by atoms with E-state index >= 15 is 0 Å². The lowest BCUT2D eigenvalue weighted by Crippen LogP contribution is -2.58. The van der Waals surface area contributed by atoms with Gasteiger partial charge in [-0.05, 0) is 25.8 Å². The zero-order valence-corrected chi connectivity index (χ0v) is 15.8. The molecule has 2 heterocycles. The van der Waals surface area contributed by atoms with Crippen molar-refractivity contribution in [3.05, 3.63) is 18.5 Å². The van der Waals surface area contributed by atoms with Crippen LogP contribution in [0.1, 0.15) is 39.0 Å². The Labute approximate surface area is 155 Å². The number of hydrogen-bond donors (Lipinski definition) is 0. The quantitative estimate of drug-likeness (QED) is 0.817. The molecule has 0 N–H and O–H groups in total. The maximum Gasteiger partial charge on any atom is 0.240 e. The van der Waals surface area contributed by atoms with Crippen LogP contribution in [0.3, 0.4) is 0 Å². The summed E-state index contributed by atoms with van der Waals surface area (Å²) in [6.45, 7) is 5.14. The average molecular weight is 356 g/mol. The van der Waals surface area contributed by atoms with Crippen molar-refractivity contribution >= 4 is 11.9 Å². The summed E-state index contributed by atoms with van der Waals surface area (Å²) in [5, 5.41) is 9.74. The van der Waals surface area contributed by atoms with Gasteiger partial charge in [0.2, 0.25) is 11.9 Å². The maximum absolute atomic E-state index is 13.1. The van der Waals surface area contributed by atoms with Gasteiger partial charge in [0, 0.05) is 45.6 Å². The fourth-order valence-corrected chi connectivity index (χ4v) is 4.07. The Morgan fingerprint density at radius 3 is 2.38 bits per heavy atom. The van der Waals surface area contributed by atoms with Crippen molar-refractivity contribution in [2.75, 3.05) is 38.1 Å². The first-order chi connectivity index (χ1) is 12.6. The molecule has 1 saturated heterocycles. The Kier molecular flexibility index (Phi) is 5.72. The zero-order valence-electron chi connectivity index (χ0n) is 15.8. The summed E-state index contributed by atoms with van der Waals surface area (Å²) in [4.78, 5) is 27.7. The minimum absolute atomic E-state index is 0.0536. The number of nitriles is 1. The van der Waals surface area contributed by atoms with Crippen molar-refractivity contribution in [3.63, 3.8) is 0 Å². The van der Waals surface area contributed by atoms with Crippen molar-refractivity contribution in [2.24, 2.45) is 0 Å². The zero-order chi connectivity index (χ0) is 18.6. The van der Waals surface area contributed by atoms with Gasteiger partial charge in [-0.15, -0.1) is 0 Å². The molecule has 0 bridgehead atoms. The lowest BCUT2D eigenvalue weighted by Gasteiger charge is -2.43. The van der Waals surface area contributed by atoms with Gasteiger partial charge < -0.3 is 9.80 Å². The third-order valence-corrected chi connectivity index (χ3v) is 5.92. The first-order valence-corrected chi connectivity index (χ1v) is 9.52. The van der Waals surface area contributed by atoms with Gasteiger partial charge in [0.05, 0.1) is 12.1 Å². The number of carbonyl (C=O) groups excluding carboxylic acids is 1. The highest BCUT2D eigenvalue weighted by atomic mass is 16.2. The molecule has 140 valence electrons. The second-order valence-electron chi connectivity index (χ2n) is 7.35. The maximum atomic E-state index is 13.1. The normalized spacial score (nSPS) is 21.7. The van der Waals surface area contributed by atoms with Crippen LogP contribution in [0, 0.1) is 11.3 Å². The van der Waals surface area contributed by atoms with E-state index in [4.69, 9.17) is 0 Å². The summed E-state index contributed by atoms with van der Waals surface area (Å²) in [6.07, 6.45) is 8.28. The van der Waals surface area contributed by atoms with Crippen molar-refractivity contribution in [1.29, 1.82) is 5.26 Å². The Morgan fingerprint density at radius 1 is 1.19 bits per heavy atom. The standard InChI is InChI=1S/C19H28N6O/c1-16(17(26)23(2)19(15-20)7-4-3-5-8-19)24-11-13-25(14-12-24)18-21-9-6-10-22-18/h6,9-10,16H,3-5,7-8,11-14H2,1-2H3/t16-/m0/s1. The molecule has 2 aliphatic rings. The smallest absolute Gasteiger partial charge is 0.240 e. The second-order valence-corrected chi connectivity index (χ2v) is 7.35. The van der Waals surface area contributed by atoms with Crippen LogP contribution in [0.5, 0.6) is 0 Å². The molecule has 0 unspecified atom stereocenters. The number of anilines is 1. The summed E-state index contributed by atoms with van der Waals surface area (Å²) in [7, 11) is 1.81. The highest BCUT2D eigenvalue weighted by Crippen LogP contribution is 2.33. The molecular weight excluding hydrogens is 328 g/mol. The van der Waals surface area contributed by atoms with Gasteiger partial charge in [0.25, 0.3) is 0 Å². The predicted molar refractivity (Wildman–Crippen MR) is 99.5 cm³/mol. The average Bonchev–Trinajstić information content (AvgIpc) is 2.73. The monoisotopic (exact) mass is 356 g/mol. The molecule has 3 rings (SSSR count). The van der Waals surface area contributed by atoms with Crippen LogP contribution in [-0.2, 0) is 4.79 Å². The summed E-state index contributed by atoms with van der Waals surface area (Å²) < 4.78 is 0. The number of likely N-dealkylation sites (N-methyl/N-ethyl adjacent to an activating group) is 1. The third-order valence-electron chi connectivity index (χ3n) is 5.92. The number of aromatic nitrogens is 2. The van der Waals surface area contributed by atoms with Gasteiger partial charge in [-0.3, -0.25) is 9.69 Å². The van der Waals surface area contributed by atoms with Crippen LogP contribution >= 0.6 is 0 Å². The number of carbonyl (C=O) groups is 1. The van der Waals surface area contributed by atoms with E-state index in [1.807, 2.05) is 13.0 Å². The Morgan fingerprint density at radius 2 is 1.81 bits per heavy atom. The molecule has 0 radical (unpaired) electrons. The fraction of sp³-hybridized carbons (Fsp3) is 0.684. The van der Waals surface area contributed by atoms with Crippen molar-refractivity contribution in [2.45, 2.75) is 50.6 Å². The molecule has 1 aliphatic heterocycles. The Balaban J connectivity index is 1.60. The lowest BCUT2D eigenvalue weighted by molar-refractivity contribution is -0.140. The molecule has 1 saturated carbocycles. The molecule has 0 spiro atoms. The first-order valence-electron chi connectivity index (χ1n) is 9.52. The van der Waals surface area contributed by atoms with Gasteiger partial charge in [-0.1, -0.05) is 19.3 Å². The highest BCUT2D eigenvalue weighted by molar-refractivity contribution is 5.82. The topological polar surface area (TPSA) is 76.4 Å². The summed E-state index contributed by atoms with van der Waals surface area (Å²) in [6, 6.07) is 4.04. The summed E-state index contributed by atoms with van der Waals surface area (Å²) in [5.41, 5.74) is -0.622. The first kappa shape index (κ1) is 18.6. The molecule has 26 heavy (non-hydrogen) atoms. The van der Waals surface area contributed by atoms with Crippen molar-refractivity contribution in [3.8, 4) is 6.07 Å². The van der Waals surface area contributed by atoms with Gasteiger partial charge in [0.1, 0.15) is 5.54 Å². The van der Waals surface area contributed by atoms with Crippen LogP contribution in [0.25, 0.3) is 0 Å². The largest absolute Gasteiger partial charge is 0.338 e. The molecule has 1 atom stereocenters. The molecule has 1 amide bonds. The van der Waals surface area contributed by atoms with Crippen LogP contribution in [-0.4, -0.2) is 70.5 Å². The Bertz CT molecular complexity index is 644. The van der Waals surface area contributed by atoms with E-state index in [9.17, 15) is 10.1 Å². The minimum atomic E-state index is -0.622. The predicted octanol–water partition coefficient (Wildman–Crippen LogP) is 1.67. The van der Waals surface area contributed by atoms with Crippen LogP contribution in [0.2, 0.25) is 0 Å². The van der Waals surface area contributed by atoms with Crippen molar-refractivity contribution < 1.29 is 4.79 Å².